The van der Waals surface area contributed by atoms with E-state index in [4.69, 9.17) is 9.47 Å². The van der Waals surface area contributed by atoms with Crippen LogP contribution >= 0.6 is 15.9 Å². The Hall–Kier alpha value is -1.67. The minimum Gasteiger partial charge on any atom is -0.466 e. The van der Waals surface area contributed by atoms with E-state index in [-0.39, 0.29) is 24.2 Å². The molecule has 2 N–H and O–H groups in total. The summed E-state index contributed by atoms with van der Waals surface area (Å²) in [6, 6.07) is 4.01. The predicted octanol–water partition coefficient (Wildman–Crippen LogP) is 4.09. The molecule has 0 saturated carbocycles. The van der Waals surface area contributed by atoms with Gasteiger partial charge in [-0.1, -0.05) is 22.0 Å². The van der Waals surface area contributed by atoms with Crippen molar-refractivity contribution in [3.05, 3.63) is 34.1 Å². The third-order valence-corrected chi connectivity index (χ3v) is 4.11. The predicted molar refractivity (Wildman–Crippen MR) is 105 cm³/mol. The van der Waals surface area contributed by atoms with Crippen LogP contribution in [0.3, 0.4) is 0 Å². The van der Waals surface area contributed by atoms with E-state index in [2.05, 4.69) is 26.6 Å². The SMILES string of the molecule is CCOC(=O)C[C@@H](NCCCNC(=O)OC(C)(C)C)c1ccc(F)cc1Br. The highest BCUT2D eigenvalue weighted by Crippen LogP contribution is 2.27. The van der Waals surface area contributed by atoms with Crippen LogP contribution in [0.15, 0.2) is 22.7 Å². The van der Waals surface area contributed by atoms with Crippen molar-refractivity contribution in [1.82, 2.24) is 10.6 Å². The molecule has 1 atom stereocenters. The van der Waals surface area contributed by atoms with Gasteiger partial charge in [0.2, 0.25) is 0 Å². The lowest BCUT2D eigenvalue weighted by Crippen LogP contribution is -2.34. The molecule has 0 radical (unpaired) electrons. The van der Waals surface area contributed by atoms with E-state index in [0.29, 0.717) is 30.6 Å². The third kappa shape index (κ3) is 9.72. The lowest BCUT2D eigenvalue weighted by Gasteiger charge is -2.21. The van der Waals surface area contributed by atoms with E-state index in [1.807, 2.05) is 0 Å². The Labute approximate surface area is 168 Å². The Balaban J connectivity index is 2.57. The summed E-state index contributed by atoms with van der Waals surface area (Å²) in [5.41, 5.74) is 0.228. The summed E-state index contributed by atoms with van der Waals surface area (Å²) >= 11 is 3.34. The fourth-order valence-electron chi connectivity index (χ4n) is 2.33. The van der Waals surface area contributed by atoms with Gasteiger partial charge in [-0.15, -0.1) is 0 Å². The monoisotopic (exact) mass is 446 g/mol. The number of halogens is 2. The van der Waals surface area contributed by atoms with Crippen molar-refractivity contribution in [2.75, 3.05) is 19.7 Å². The highest BCUT2D eigenvalue weighted by Gasteiger charge is 2.19. The number of hydrogen-bond donors (Lipinski definition) is 2. The minimum atomic E-state index is -0.540. The van der Waals surface area contributed by atoms with Crippen molar-refractivity contribution in [3.8, 4) is 0 Å². The molecule has 0 saturated heterocycles. The van der Waals surface area contributed by atoms with Crippen molar-refractivity contribution in [2.45, 2.75) is 52.2 Å². The molecular weight excluding hydrogens is 419 g/mol. The molecule has 0 heterocycles. The standard InChI is InChI=1S/C19H28BrFN2O4/c1-5-26-17(24)12-16(14-8-7-13(21)11-15(14)20)22-9-6-10-23-18(25)27-19(2,3)4/h7-8,11,16,22H,5-6,9-10,12H2,1-4H3,(H,23,25)/t16-/m1/s1. The van der Waals surface area contributed by atoms with E-state index in [0.717, 1.165) is 5.56 Å². The summed E-state index contributed by atoms with van der Waals surface area (Å²) in [7, 11) is 0. The van der Waals surface area contributed by atoms with Crippen LogP contribution in [0.1, 0.15) is 52.1 Å². The lowest BCUT2D eigenvalue weighted by atomic mass is 10.0. The molecule has 0 aliphatic rings. The number of ether oxygens (including phenoxy) is 2. The second-order valence-corrected chi connectivity index (χ2v) is 7.82. The van der Waals surface area contributed by atoms with Crippen LogP contribution in [0.2, 0.25) is 0 Å². The number of esters is 1. The number of amides is 1. The first-order chi connectivity index (χ1) is 12.6. The van der Waals surface area contributed by atoms with Gasteiger partial charge >= 0.3 is 12.1 Å². The second kappa shape index (κ2) is 11.2. The third-order valence-electron chi connectivity index (χ3n) is 3.43. The molecule has 1 aromatic rings. The van der Waals surface area contributed by atoms with Crippen LogP contribution in [-0.4, -0.2) is 37.4 Å². The van der Waals surface area contributed by atoms with Crippen LogP contribution in [0.5, 0.6) is 0 Å². The summed E-state index contributed by atoms with van der Waals surface area (Å²) in [6.45, 7) is 8.42. The minimum absolute atomic E-state index is 0.123. The number of carbonyl (C=O) groups is 2. The van der Waals surface area contributed by atoms with Gasteiger partial charge in [-0.2, -0.15) is 0 Å². The molecule has 0 bridgehead atoms. The zero-order valence-electron chi connectivity index (χ0n) is 16.2. The van der Waals surface area contributed by atoms with Crippen LogP contribution in [0.25, 0.3) is 0 Å². The molecule has 0 spiro atoms. The number of benzene rings is 1. The topological polar surface area (TPSA) is 76.7 Å². The normalized spacial score (nSPS) is 12.4. The van der Waals surface area contributed by atoms with Crippen LogP contribution in [0.4, 0.5) is 9.18 Å². The van der Waals surface area contributed by atoms with Crippen molar-refractivity contribution in [1.29, 1.82) is 0 Å². The summed E-state index contributed by atoms with van der Waals surface area (Å²) < 4.78 is 24.1. The lowest BCUT2D eigenvalue weighted by molar-refractivity contribution is -0.143. The van der Waals surface area contributed by atoms with E-state index >= 15 is 0 Å². The number of carbonyl (C=O) groups excluding carboxylic acids is 2. The first-order valence-corrected chi connectivity index (χ1v) is 9.72. The number of rotatable bonds is 9. The fraction of sp³-hybridized carbons (Fsp3) is 0.579. The van der Waals surface area contributed by atoms with Crippen molar-refractivity contribution in [3.63, 3.8) is 0 Å². The summed E-state index contributed by atoms with van der Waals surface area (Å²) in [5, 5.41) is 5.94. The second-order valence-electron chi connectivity index (χ2n) is 6.96. The number of hydrogen-bond acceptors (Lipinski definition) is 5. The maximum Gasteiger partial charge on any atom is 0.407 e. The molecule has 0 aliphatic heterocycles. The maximum absolute atomic E-state index is 13.3. The van der Waals surface area contributed by atoms with Gasteiger partial charge in [-0.25, -0.2) is 9.18 Å². The first kappa shape index (κ1) is 23.4. The van der Waals surface area contributed by atoms with Crippen LogP contribution in [0, 0.1) is 5.82 Å². The summed E-state index contributed by atoms with van der Waals surface area (Å²) in [6.07, 6.45) is 0.293. The first-order valence-electron chi connectivity index (χ1n) is 8.93. The maximum atomic E-state index is 13.3. The van der Waals surface area contributed by atoms with E-state index in [1.165, 1.54) is 12.1 Å². The average molecular weight is 447 g/mol. The van der Waals surface area contributed by atoms with E-state index in [9.17, 15) is 14.0 Å². The number of alkyl carbamates (subject to hydrolysis) is 1. The van der Waals surface area contributed by atoms with Gasteiger partial charge in [0.05, 0.1) is 13.0 Å². The smallest absolute Gasteiger partial charge is 0.407 e. The molecule has 1 rings (SSSR count). The van der Waals surface area contributed by atoms with Gasteiger partial charge in [-0.05, 0) is 58.4 Å². The summed E-state index contributed by atoms with van der Waals surface area (Å²) in [4.78, 5) is 23.5. The fourth-order valence-corrected chi connectivity index (χ4v) is 2.96. The molecule has 0 fully saturated rings. The Kier molecular flexibility index (Phi) is 9.73. The molecule has 1 aromatic carbocycles. The molecular formula is C19H28BrFN2O4. The van der Waals surface area contributed by atoms with Gasteiger partial charge in [-0.3, -0.25) is 4.79 Å². The average Bonchev–Trinajstić information content (AvgIpc) is 2.52. The van der Waals surface area contributed by atoms with E-state index < -0.39 is 11.7 Å². The van der Waals surface area contributed by atoms with Crippen LogP contribution < -0.4 is 10.6 Å². The highest BCUT2D eigenvalue weighted by molar-refractivity contribution is 9.10. The Morgan fingerprint density at radius 2 is 1.96 bits per heavy atom. The molecule has 1 amide bonds. The van der Waals surface area contributed by atoms with Gasteiger partial charge in [0.1, 0.15) is 11.4 Å². The molecule has 152 valence electrons. The molecule has 6 nitrogen and oxygen atoms in total. The molecule has 0 unspecified atom stereocenters. The zero-order valence-corrected chi connectivity index (χ0v) is 17.8. The van der Waals surface area contributed by atoms with Crippen LogP contribution in [-0.2, 0) is 14.3 Å². The van der Waals surface area contributed by atoms with Crippen molar-refractivity contribution >= 4 is 28.0 Å². The van der Waals surface area contributed by atoms with Gasteiger partial charge < -0.3 is 20.1 Å². The molecule has 8 heteroatoms. The molecule has 0 aliphatic carbocycles. The van der Waals surface area contributed by atoms with E-state index in [1.54, 1.807) is 33.8 Å². The van der Waals surface area contributed by atoms with Gasteiger partial charge in [0, 0.05) is 17.1 Å². The highest BCUT2D eigenvalue weighted by atomic mass is 79.9. The molecule has 27 heavy (non-hydrogen) atoms. The summed E-state index contributed by atoms with van der Waals surface area (Å²) in [5.74, 6) is -0.694. The molecule has 0 aromatic heterocycles. The largest absolute Gasteiger partial charge is 0.466 e. The zero-order chi connectivity index (χ0) is 20.4. The Morgan fingerprint density at radius 1 is 1.26 bits per heavy atom. The van der Waals surface area contributed by atoms with Crippen molar-refractivity contribution < 1.29 is 23.5 Å². The quantitative estimate of drug-likeness (QED) is 0.441. The Bertz CT molecular complexity index is 635. The Morgan fingerprint density at radius 3 is 2.56 bits per heavy atom. The van der Waals surface area contributed by atoms with Crippen molar-refractivity contribution in [2.24, 2.45) is 0 Å². The van der Waals surface area contributed by atoms with Gasteiger partial charge in [0.25, 0.3) is 0 Å². The van der Waals surface area contributed by atoms with Gasteiger partial charge in [0.15, 0.2) is 0 Å². The number of nitrogens with one attached hydrogen (secondary N) is 2.